The summed E-state index contributed by atoms with van der Waals surface area (Å²) in [6, 6.07) is 3.83. The lowest BCUT2D eigenvalue weighted by Crippen LogP contribution is -1.95. The molecular weight excluding hydrogens is 220 g/mol. The Kier molecular flexibility index (Phi) is 2.18. The molecule has 1 aliphatic rings. The molecule has 88 valence electrons. The van der Waals surface area contributed by atoms with Crippen LogP contribution in [0, 0.1) is 0 Å². The molecule has 0 aliphatic carbocycles. The first-order valence-electron chi connectivity index (χ1n) is 5.43. The predicted molar refractivity (Wildman–Crippen MR) is 61.9 cm³/mol. The molecule has 0 unspecified atom stereocenters. The maximum atomic E-state index is 5.74. The quantitative estimate of drug-likeness (QED) is 0.859. The van der Waals surface area contributed by atoms with Crippen molar-refractivity contribution in [1.29, 1.82) is 0 Å². The highest BCUT2D eigenvalue weighted by Gasteiger charge is 2.22. The highest BCUT2D eigenvalue weighted by molar-refractivity contribution is 5.78. The third-order valence-electron chi connectivity index (χ3n) is 2.88. The van der Waals surface area contributed by atoms with Crippen LogP contribution < -0.4 is 15.2 Å². The van der Waals surface area contributed by atoms with E-state index in [0.29, 0.717) is 5.88 Å². The molecule has 0 saturated heterocycles. The van der Waals surface area contributed by atoms with Gasteiger partial charge in [-0.05, 0) is 24.1 Å². The molecule has 2 aromatic rings. The summed E-state index contributed by atoms with van der Waals surface area (Å²) < 4.78 is 15.7. The number of nitrogen functional groups attached to an aromatic ring is 1. The van der Waals surface area contributed by atoms with Gasteiger partial charge in [-0.1, -0.05) is 12.1 Å². The van der Waals surface area contributed by atoms with Gasteiger partial charge in [-0.2, -0.15) is 0 Å². The van der Waals surface area contributed by atoms with Crippen LogP contribution in [0.25, 0.3) is 11.1 Å². The Morgan fingerprint density at radius 1 is 1.29 bits per heavy atom. The van der Waals surface area contributed by atoms with Crippen molar-refractivity contribution in [2.45, 2.75) is 13.3 Å². The maximum Gasteiger partial charge on any atom is 0.231 e. The minimum absolute atomic E-state index is 0.269. The number of benzene rings is 1. The number of hydrogen-bond donors (Lipinski definition) is 1. The number of ether oxygens (including phenoxy) is 2. The van der Waals surface area contributed by atoms with Gasteiger partial charge in [0, 0.05) is 5.56 Å². The maximum absolute atomic E-state index is 5.74. The van der Waals surface area contributed by atoms with Gasteiger partial charge in [0.25, 0.3) is 0 Å². The Morgan fingerprint density at radius 2 is 2.18 bits per heavy atom. The standard InChI is InChI=1S/C12H12N2O3/c1-2-7-8(9-5-14-17-12(9)13)3-4-10-11(7)16-6-15-10/h3-5H,2,6,13H2,1H3. The highest BCUT2D eigenvalue weighted by atomic mass is 16.7. The lowest BCUT2D eigenvalue weighted by Gasteiger charge is -2.09. The van der Waals surface area contributed by atoms with Crippen LogP contribution in [0.3, 0.4) is 0 Å². The third-order valence-corrected chi connectivity index (χ3v) is 2.88. The molecule has 1 aromatic carbocycles. The number of nitrogens with zero attached hydrogens (tertiary/aromatic N) is 1. The van der Waals surface area contributed by atoms with Crippen molar-refractivity contribution < 1.29 is 14.0 Å². The number of nitrogens with two attached hydrogens (primary N) is 1. The van der Waals surface area contributed by atoms with Gasteiger partial charge >= 0.3 is 0 Å². The molecule has 3 rings (SSSR count). The summed E-state index contributed by atoms with van der Waals surface area (Å²) in [5.74, 6) is 1.89. The zero-order chi connectivity index (χ0) is 11.8. The molecule has 5 heteroatoms. The molecule has 0 bridgehead atoms. The Labute approximate surface area is 98.1 Å². The SMILES string of the molecule is CCc1c(-c2cnoc2N)ccc2c1OCO2. The van der Waals surface area contributed by atoms with E-state index in [1.54, 1.807) is 6.20 Å². The summed E-state index contributed by atoms with van der Waals surface area (Å²) in [6.07, 6.45) is 2.44. The third kappa shape index (κ3) is 1.43. The van der Waals surface area contributed by atoms with E-state index in [9.17, 15) is 0 Å². The monoisotopic (exact) mass is 232 g/mol. The Bertz CT molecular complexity index is 563. The lowest BCUT2D eigenvalue weighted by atomic mass is 9.98. The average molecular weight is 232 g/mol. The number of rotatable bonds is 2. The number of hydrogen-bond acceptors (Lipinski definition) is 5. The first-order chi connectivity index (χ1) is 8.31. The Hall–Kier alpha value is -2.17. The summed E-state index contributed by atoms with van der Waals surface area (Å²) >= 11 is 0. The van der Waals surface area contributed by atoms with Gasteiger partial charge in [-0.15, -0.1) is 0 Å². The zero-order valence-electron chi connectivity index (χ0n) is 9.40. The van der Waals surface area contributed by atoms with Gasteiger partial charge in [0.2, 0.25) is 12.7 Å². The van der Waals surface area contributed by atoms with Crippen LogP contribution >= 0.6 is 0 Å². The first-order valence-corrected chi connectivity index (χ1v) is 5.43. The van der Waals surface area contributed by atoms with Crippen molar-refractivity contribution in [3.63, 3.8) is 0 Å². The van der Waals surface area contributed by atoms with E-state index < -0.39 is 0 Å². The molecule has 0 fully saturated rings. The van der Waals surface area contributed by atoms with Crippen molar-refractivity contribution >= 4 is 5.88 Å². The van der Waals surface area contributed by atoms with Gasteiger partial charge in [0.05, 0.1) is 11.8 Å². The predicted octanol–water partition coefficient (Wildman–Crippen LogP) is 2.21. The fourth-order valence-electron chi connectivity index (χ4n) is 2.08. The van der Waals surface area contributed by atoms with E-state index in [2.05, 4.69) is 12.1 Å². The van der Waals surface area contributed by atoms with Crippen molar-refractivity contribution in [3.8, 4) is 22.6 Å². The Morgan fingerprint density at radius 3 is 2.88 bits per heavy atom. The van der Waals surface area contributed by atoms with Gasteiger partial charge in [-0.25, -0.2) is 0 Å². The van der Waals surface area contributed by atoms with Crippen molar-refractivity contribution in [2.75, 3.05) is 12.5 Å². The first kappa shape index (κ1) is 10.0. The van der Waals surface area contributed by atoms with E-state index in [-0.39, 0.29) is 6.79 Å². The topological polar surface area (TPSA) is 70.5 Å². The normalized spacial score (nSPS) is 13.0. The summed E-state index contributed by atoms with van der Waals surface area (Å²) in [6.45, 7) is 2.33. The number of anilines is 1. The van der Waals surface area contributed by atoms with E-state index in [4.69, 9.17) is 19.7 Å². The smallest absolute Gasteiger partial charge is 0.231 e. The molecule has 17 heavy (non-hydrogen) atoms. The largest absolute Gasteiger partial charge is 0.454 e. The van der Waals surface area contributed by atoms with Crippen LogP contribution in [0.2, 0.25) is 0 Å². The summed E-state index contributed by atoms with van der Waals surface area (Å²) in [4.78, 5) is 0. The van der Waals surface area contributed by atoms with Crippen LogP contribution in [-0.4, -0.2) is 11.9 Å². The fourth-order valence-corrected chi connectivity index (χ4v) is 2.08. The number of fused-ring (bicyclic) bond motifs is 1. The van der Waals surface area contributed by atoms with Gasteiger partial charge in [-0.3, -0.25) is 0 Å². The average Bonchev–Trinajstić information content (AvgIpc) is 2.95. The summed E-state index contributed by atoms with van der Waals surface area (Å²) in [5, 5.41) is 3.69. The van der Waals surface area contributed by atoms with E-state index in [0.717, 1.165) is 34.6 Å². The second-order valence-corrected chi connectivity index (χ2v) is 3.78. The molecule has 0 atom stereocenters. The lowest BCUT2D eigenvalue weighted by molar-refractivity contribution is 0.173. The molecular formula is C12H12N2O3. The molecule has 1 aliphatic heterocycles. The van der Waals surface area contributed by atoms with Crippen molar-refractivity contribution in [1.82, 2.24) is 5.16 Å². The minimum atomic E-state index is 0.269. The molecule has 0 saturated carbocycles. The van der Waals surface area contributed by atoms with Gasteiger partial charge < -0.3 is 19.7 Å². The van der Waals surface area contributed by atoms with Crippen LogP contribution in [0.5, 0.6) is 11.5 Å². The van der Waals surface area contributed by atoms with Crippen LogP contribution in [0.4, 0.5) is 5.88 Å². The fraction of sp³-hybridized carbons (Fsp3) is 0.250. The molecule has 5 nitrogen and oxygen atoms in total. The van der Waals surface area contributed by atoms with E-state index in [1.165, 1.54) is 0 Å². The molecule has 2 heterocycles. The summed E-state index contributed by atoms with van der Waals surface area (Å²) in [7, 11) is 0. The van der Waals surface area contributed by atoms with Crippen molar-refractivity contribution in [2.24, 2.45) is 0 Å². The van der Waals surface area contributed by atoms with Crippen LogP contribution in [0.1, 0.15) is 12.5 Å². The van der Waals surface area contributed by atoms with Crippen LogP contribution in [-0.2, 0) is 6.42 Å². The van der Waals surface area contributed by atoms with Crippen molar-refractivity contribution in [3.05, 3.63) is 23.9 Å². The second kappa shape index (κ2) is 3.69. The van der Waals surface area contributed by atoms with Gasteiger partial charge in [0.15, 0.2) is 11.5 Å². The molecule has 0 radical (unpaired) electrons. The molecule has 0 spiro atoms. The van der Waals surface area contributed by atoms with Gasteiger partial charge in [0.1, 0.15) is 0 Å². The minimum Gasteiger partial charge on any atom is -0.454 e. The highest BCUT2D eigenvalue weighted by Crippen LogP contribution is 2.42. The Balaban J connectivity index is 2.21. The summed E-state index contributed by atoms with van der Waals surface area (Å²) in [5.41, 5.74) is 8.58. The molecule has 1 aromatic heterocycles. The zero-order valence-corrected chi connectivity index (χ0v) is 9.40. The molecule has 0 amide bonds. The van der Waals surface area contributed by atoms with Crippen LogP contribution in [0.15, 0.2) is 22.9 Å². The number of aromatic nitrogens is 1. The van der Waals surface area contributed by atoms with E-state index in [1.807, 2.05) is 12.1 Å². The molecule has 2 N–H and O–H groups in total. The second-order valence-electron chi connectivity index (χ2n) is 3.78. The van der Waals surface area contributed by atoms with E-state index >= 15 is 0 Å².